The van der Waals surface area contributed by atoms with Crippen LogP contribution in [-0.2, 0) is 0 Å². The molecule has 3 rings (SSSR count). The first kappa shape index (κ1) is 15.6. The Kier molecular flexibility index (Phi) is 4.50. The summed E-state index contributed by atoms with van der Waals surface area (Å²) in [6.45, 7) is 5.91. The van der Waals surface area contributed by atoms with Crippen LogP contribution >= 0.6 is 0 Å². The fourth-order valence-corrected chi connectivity index (χ4v) is 2.08. The molecule has 0 aliphatic heterocycles. The van der Waals surface area contributed by atoms with Crippen molar-refractivity contribution in [3.05, 3.63) is 53.6 Å². The molecule has 2 heterocycles. The number of aryl methyl sites for hydroxylation is 1. The van der Waals surface area contributed by atoms with Crippen LogP contribution in [0.25, 0.3) is 16.7 Å². The number of benzene rings is 1. The van der Waals surface area contributed by atoms with Crippen molar-refractivity contribution in [1.29, 1.82) is 0 Å². The molecule has 5 nitrogen and oxygen atoms in total. The van der Waals surface area contributed by atoms with E-state index in [0.29, 0.717) is 16.7 Å². The molecule has 0 fully saturated rings. The van der Waals surface area contributed by atoms with Crippen LogP contribution in [0.2, 0.25) is 0 Å². The quantitative estimate of drug-likeness (QED) is 0.790. The Balaban J connectivity index is 0.000000847. The zero-order valence-electron chi connectivity index (χ0n) is 12.7. The zero-order valence-corrected chi connectivity index (χ0v) is 12.7. The number of carbonyl (C=O) groups excluding carboxylic acids is 1. The molecule has 6 heteroatoms. The molecule has 0 saturated heterocycles. The van der Waals surface area contributed by atoms with Crippen molar-refractivity contribution in [3.63, 3.8) is 0 Å². The minimum Gasteiger partial charge on any atom is -0.364 e. The van der Waals surface area contributed by atoms with Crippen LogP contribution in [0.15, 0.2) is 36.5 Å². The van der Waals surface area contributed by atoms with Gasteiger partial charge in [0.25, 0.3) is 5.91 Å². The standard InChI is InChI=1S/C14H11FN4O.C2H6/c1-8-4-5-17-12(6-8)19-11-7-9(15)2-3-10(11)13(18-19)14(16)20;1-2/h2-7H,1H3,(H2,16,20);1-2H3. The highest BCUT2D eigenvalue weighted by molar-refractivity contribution is 6.04. The second-order valence-corrected chi connectivity index (χ2v) is 4.48. The molecule has 1 aromatic carbocycles. The van der Waals surface area contributed by atoms with Crippen LogP contribution in [0.1, 0.15) is 29.9 Å². The second-order valence-electron chi connectivity index (χ2n) is 4.48. The van der Waals surface area contributed by atoms with Crippen molar-refractivity contribution >= 4 is 16.8 Å². The van der Waals surface area contributed by atoms with Gasteiger partial charge in [0.2, 0.25) is 0 Å². The predicted molar refractivity (Wildman–Crippen MR) is 83.4 cm³/mol. The summed E-state index contributed by atoms with van der Waals surface area (Å²) in [7, 11) is 0. The maximum absolute atomic E-state index is 13.4. The summed E-state index contributed by atoms with van der Waals surface area (Å²) in [5, 5.41) is 4.66. The topological polar surface area (TPSA) is 73.8 Å². The number of rotatable bonds is 2. The van der Waals surface area contributed by atoms with Gasteiger partial charge in [-0.1, -0.05) is 13.8 Å². The molecule has 0 saturated carbocycles. The highest BCUT2D eigenvalue weighted by Crippen LogP contribution is 2.22. The van der Waals surface area contributed by atoms with Gasteiger partial charge >= 0.3 is 0 Å². The lowest BCUT2D eigenvalue weighted by atomic mass is 10.2. The number of fused-ring (bicyclic) bond motifs is 1. The largest absolute Gasteiger partial charge is 0.364 e. The van der Waals surface area contributed by atoms with Crippen LogP contribution in [0.3, 0.4) is 0 Å². The lowest BCUT2D eigenvalue weighted by Crippen LogP contribution is -2.12. The van der Waals surface area contributed by atoms with E-state index in [1.807, 2.05) is 26.8 Å². The maximum atomic E-state index is 13.4. The van der Waals surface area contributed by atoms with Gasteiger partial charge in [0.15, 0.2) is 11.5 Å². The fourth-order valence-electron chi connectivity index (χ4n) is 2.08. The number of aromatic nitrogens is 3. The summed E-state index contributed by atoms with van der Waals surface area (Å²) in [4.78, 5) is 15.6. The van der Waals surface area contributed by atoms with Crippen molar-refractivity contribution in [2.75, 3.05) is 0 Å². The molecular formula is C16H17FN4O. The monoisotopic (exact) mass is 300 g/mol. The molecule has 0 aliphatic carbocycles. The van der Waals surface area contributed by atoms with Crippen LogP contribution in [-0.4, -0.2) is 20.7 Å². The fraction of sp³-hybridized carbons (Fsp3) is 0.188. The first-order chi connectivity index (χ1) is 10.6. The number of primary amides is 1. The summed E-state index contributed by atoms with van der Waals surface area (Å²) in [6.07, 6.45) is 1.63. The number of hydrogen-bond acceptors (Lipinski definition) is 3. The van der Waals surface area contributed by atoms with Gasteiger partial charge in [-0.15, -0.1) is 0 Å². The lowest BCUT2D eigenvalue weighted by Gasteiger charge is -2.03. The second kappa shape index (κ2) is 6.34. The maximum Gasteiger partial charge on any atom is 0.269 e. The normalized spacial score (nSPS) is 10.2. The molecule has 0 radical (unpaired) electrons. The molecule has 0 unspecified atom stereocenters. The minimum absolute atomic E-state index is 0.100. The van der Waals surface area contributed by atoms with Crippen molar-refractivity contribution in [2.24, 2.45) is 5.73 Å². The first-order valence-corrected chi connectivity index (χ1v) is 6.97. The van der Waals surface area contributed by atoms with E-state index in [1.165, 1.54) is 22.9 Å². The molecule has 0 aliphatic rings. The summed E-state index contributed by atoms with van der Waals surface area (Å²) in [5.41, 5.74) is 6.85. The van der Waals surface area contributed by atoms with Crippen molar-refractivity contribution in [2.45, 2.75) is 20.8 Å². The van der Waals surface area contributed by atoms with E-state index >= 15 is 0 Å². The first-order valence-electron chi connectivity index (χ1n) is 6.97. The molecule has 1 amide bonds. The molecule has 2 aromatic heterocycles. The van der Waals surface area contributed by atoms with Gasteiger partial charge in [-0.3, -0.25) is 4.79 Å². The molecule has 0 bridgehead atoms. The molecule has 2 N–H and O–H groups in total. The Hall–Kier alpha value is -2.76. The number of hydrogen-bond donors (Lipinski definition) is 1. The highest BCUT2D eigenvalue weighted by Gasteiger charge is 2.16. The molecular weight excluding hydrogens is 283 g/mol. The summed E-state index contributed by atoms with van der Waals surface area (Å²) < 4.78 is 14.9. The third-order valence-electron chi connectivity index (χ3n) is 2.99. The smallest absolute Gasteiger partial charge is 0.269 e. The van der Waals surface area contributed by atoms with Gasteiger partial charge in [0.1, 0.15) is 5.82 Å². The van der Waals surface area contributed by atoms with Gasteiger partial charge in [-0.2, -0.15) is 5.10 Å². The van der Waals surface area contributed by atoms with Gasteiger partial charge in [-0.05, 0) is 36.8 Å². The van der Waals surface area contributed by atoms with Crippen LogP contribution in [0.5, 0.6) is 0 Å². The summed E-state index contributed by atoms with van der Waals surface area (Å²) >= 11 is 0. The van der Waals surface area contributed by atoms with Gasteiger partial charge in [0.05, 0.1) is 5.52 Å². The summed E-state index contributed by atoms with van der Waals surface area (Å²) in [6, 6.07) is 7.69. The average molecular weight is 300 g/mol. The number of carbonyl (C=O) groups is 1. The van der Waals surface area contributed by atoms with Crippen LogP contribution in [0, 0.1) is 12.7 Å². The Morgan fingerprint density at radius 1 is 1.23 bits per heavy atom. The molecule has 114 valence electrons. The molecule has 22 heavy (non-hydrogen) atoms. The third kappa shape index (κ3) is 2.81. The van der Waals surface area contributed by atoms with Gasteiger partial charge < -0.3 is 5.73 Å². The Morgan fingerprint density at radius 2 is 1.95 bits per heavy atom. The summed E-state index contributed by atoms with van der Waals surface area (Å²) in [5.74, 6) is -0.566. The molecule has 0 atom stereocenters. The average Bonchev–Trinajstić information content (AvgIpc) is 2.88. The Bertz CT molecular complexity index is 826. The van der Waals surface area contributed by atoms with Crippen molar-refractivity contribution < 1.29 is 9.18 Å². The van der Waals surface area contributed by atoms with Crippen molar-refractivity contribution in [3.8, 4) is 5.82 Å². The van der Waals surface area contributed by atoms with E-state index in [2.05, 4.69) is 10.1 Å². The Morgan fingerprint density at radius 3 is 2.59 bits per heavy atom. The SMILES string of the molecule is CC.Cc1ccnc(-n2nc(C(N)=O)c3ccc(F)cc32)c1. The van der Waals surface area contributed by atoms with E-state index in [1.54, 1.807) is 12.3 Å². The minimum atomic E-state index is -0.659. The Labute approximate surface area is 127 Å². The predicted octanol–water partition coefficient (Wildman–Crippen LogP) is 2.99. The van der Waals surface area contributed by atoms with Crippen molar-refractivity contribution in [1.82, 2.24) is 14.8 Å². The number of pyridine rings is 1. The van der Waals surface area contributed by atoms with Gasteiger partial charge in [-0.25, -0.2) is 14.1 Å². The molecule has 0 spiro atoms. The number of nitrogens with zero attached hydrogens (tertiary/aromatic N) is 3. The van der Waals surface area contributed by atoms with E-state index in [0.717, 1.165) is 5.56 Å². The number of halogens is 1. The van der Waals surface area contributed by atoms with E-state index in [9.17, 15) is 9.18 Å². The van der Waals surface area contributed by atoms with Gasteiger partial charge in [0, 0.05) is 17.6 Å². The number of amides is 1. The lowest BCUT2D eigenvalue weighted by molar-refractivity contribution is 0.0996. The van der Waals surface area contributed by atoms with E-state index < -0.39 is 11.7 Å². The van der Waals surface area contributed by atoms with E-state index in [-0.39, 0.29) is 5.69 Å². The molecule has 3 aromatic rings. The van der Waals surface area contributed by atoms with Crippen LogP contribution < -0.4 is 5.73 Å². The van der Waals surface area contributed by atoms with E-state index in [4.69, 9.17) is 5.73 Å². The third-order valence-corrected chi connectivity index (χ3v) is 2.99. The van der Waals surface area contributed by atoms with Crippen LogP contribution in [0.4, 0.5) is 4.39 Å². The highest BCUT2D eigenvalue weighted by atomic mass is 19.1. The number of nitrogens with two attached hydrogens (primary N) is 1. The zero-order chi connectivity index (χ0) is 16.3.